The van der Waals surface area contributed by atoms with Crippen LogP contribution in [0.25, 0.3) is 0 Å². The van der Waals surface area contributed by atoms with Gasteiger partial charge in [0.25, 0.3) is 0 Å². The summed E-state index contributed by atoms with van der Waals surface area (Å²) in [7, 11) is 1.86. The lowest BCUT2D eigenvalue weighted by atomic mass is 10.1. The average Bonchev–Trinajstić information content (AvgIpc) is 2.40. The van der Waals surface area contributed by atoms with Crippen LogP contribution in [0.1, 0.15) is 11.4 Å². The minimum Gasteiger partial charge on any atom is -0.396 e. The zero-order valence-corrected chi connectivity index (χ0v) is 9.95. The van der Waals surface area contributed by atoms with Crippen LogP contribution < -0.4 is 0 Å². The first-order chi connectivity index (χ1) is 6.60. The lowest BCUT2D eigenvalue weighted by molar-refractivity contribution is 0.148. The molecule has 14 heavy (non-hydrogen) atoms. The van der Waals surface area contributed by atoms with Crippen LogP contribution in [-0.4, -0.2) is 33.2 Å². The second kappa shape index (κ2) is 4.91. The number of hydrogen-bond donors (Lipinski definition) is 2. The van der Waals surface area contributed by atoms with Crippen LogP contribution in [-0.2, 0) is 13.5 Å². The molecule has 0 unspecified atom stereocenters. The van der Waals surface area contributed by atoms with Gasteiger partial charge in [-0.25, -0.2) is 0 Å². The van der Waals surface area contributed by atoms with Crippen molar-refractivity contribution >= 4 is 15.9 Å². The summed E-state index contributed by atoms with van der Waals surface area (Å²) in [4.78, 5) is 0. The van der Waals surface area contributed by atoms with Crippen molar-refractivity contribution in [2.24, 2.45) is 13.0 Å². The largest absolute Gasteiger partial charge is 0.396 e. The first-order valence-electron chi connectivity index (χ1n) is 4.49. The molecule has 0 aromatic carbocycles. The van der Waals surface area contributed by atoms with Gasteiger partial charge in [0.1, 0.15) is 0 Å². The topological polar surface area (TPSA) is 58.3 Å². The molecule has 80 valence electrons. The van der Waals surface area contributed by atoms with Crippen LogP contribution in [0.4, 0.5) is 0 Å². The Morgan fingerprint density at radius 1 is 1.43 bits per heavy atom. The summed E-state index contributed by atoms with van der Waals surface area (Å²) < 4.78 is 2.74. The maximum absolute atomic E-state index is 8.97. The minimum absolute atomic E-state index is 0.00678. The monoisotopic (exact) mass is 262 g/mol. The molecule has 0 saturated carbocycles. The Morgan fingerprint density at radius 2 is 2.00 bits per heavy atom. The molecule has 0 spiro atoms. The van der Waals surface area contributed by atoms with Crippen molar-refractivity contribution in [3.05, 3.63) is 15.9 Å². The van der Waals surface area contributed by atoms with Crippen molar-refractivity contribution in [1.82, 2.24) is 9.78 Å². The van der Waals surface area contributed by atoms with Crippen molar-refractivity contribution in [2.45, 2.75) is 13.3 Å². The molecule has 2 N–H and O–H groups in total. The van der Waals surface area contributed by atoms with Gasteiger partial charge in [0.05, 0.1) is 15.9 Å². The molecule has 1 heterocycles. The quantitative estimate of drug-likeness (QED) is 0.837. The van der Waals surface area contributed by atoms with E-state index < -0.39 is 0 Å². The van der Waals surface area contributed by atoms with Crippen LogP contribution in [0, 0.1) is 12.8 Å². The molecule has 0 bridgehead atoms. The van der Waals surface area contributed by atoms with Gasteiger partial charge in [-0.15, -0.1) is 0 Å². The lowest BCUT2D eigenvalue weighted by Crippen LogP contribution is -2.16. The fourth-order valence-corrected chi connectivity index (χ4v) is 1.86. The Hall–Kier alpha value is -0.390. The molecule has 0 aliphatic carbocycles. The first kappa shape index (κ1) is 11.7. The third kappa shape index (κ3) is 2.34. The summed E-state index contributed by atoms with van der Waals surface area (Å²) in [5.41, 5.74) is 1.94. The van der Waals surface area contributed by atoms with Gasteiger partial charge in [-0.2, -0.15) is 5.10 Å². The van der Waals surface area contributed by atoms with Gasteiger partial charge in [-0.3, -0.25) is 4.68 Å². The van der Waals surface area contributed by atoms with E-state index >= 15 is 0 Å². The van der Waals surface area contributed by atoms with Gasteiger partial charge >= 0.3 is 0 Å². The van der Waals surface area contributed by atoms with E-state index in [1.165, 1.54) is 0 Å². The molecule has 1 aromatic rings. The van der Waals surface area contributed by atoms with Crippen LogP contribution in [0.5, 0.6) is 0 Å². The molecule has 0 amide bonds. The third-order valence-electron chi connectivity index (χ3n) is 2.26. The number of rotatable bonds is 4. The van der Waals surface area contributed by atoms with E-state index in [0.717, 1.165) is 15.9 Å². The van der Waals surface area contributed by atoms with E-state index in [-0.39, 0.29) is 19.1 Å². The van der Waals surface area contributed by atoms with E-state index in [1.54, 1.807) is 4.68 Å². The highest BCUT2D eigenvalue weighted by molar-refractivity contribution is 9.10. The molecular weight excluding hydrogens is 248 g/mol. The van der Waals surface area contributed by atoms with Crippen molar-refractivity contribution < 1.29 is 10.2 Å². The predicted molar refractivity (Wildman–Crippen MR) is 57.0 cm³/mol. The van der Waals surface area contributed by atoms with E-state index in [4.69, 9.17) is 10.2 Å². The zero-order chi connectivity index (χ0) is 10.7. The Balaban J connectivity index is 2.84. The molecule has 0 fully saturated rings. The third-order valence-corrected chi connectivity index (χ3v) is 3.29. The summed E-state index contributed by atoms with van der Waals surface area (Å²) in [5, 5.41) is 22.2. The van der Waals surface area contributed by atoms with E-state index in [0.29, 0.717) is 6.42 Å². The molecular formula is C9H15BrN2O2. The van der Waals surface area contributed by atoms with E-state index in [1.807, 2.05) is 14.0 Å². The summed E-state index contributed by atoms with van der Waals surface area (Å²) >= 11 is 3.44. The highest BCUT2D eigenvalue weighted by Gasteiger charge is 2.15. The van der Waals surface area contributed by atoms with Gasteiger partial charge in [-0.1, -0.05) is 0 Å². The number of nitrogens with zero attached hydrogens (tertiary/aromatic N) is 2. The summed E-state index contributed by atoms with van der Waals surface area (Å²) in [5.74, 6) is -0.110. The zero-order valence-electron chi connectivity index (χ0n) is 8.37. The molecule has 0 aliphatic rings. The van der Waals surface area contributed by atoms with Gasteiger partial charge < -0.3 is 10.2 Å². The Bertz CT molecular complexity index is 308. The van der Waals surface area contributed by atoms with Gasteiger partial charge in [0.15, 0.2) is 0 Å². The second-order valence-corrected chi connectivity index (χ2v) is 4.20. The van der Waals surface area contributed by atoms with Crippen molar-refractivity contribution in [3.63, 3.8) is 0 Å². The molecule has 0 aliphatic heterocycles. The summed E-state index contributed by atoms with van der Waals surface area (Å²) in [6.07, 6.45) is 0.630. The molecule has 1 rings (SSSR count). The summed E-state index contributed by atoms with van der Waals surface area (Å²) in [6, 6.07) is 0. The fraction of sp³-hybridized carbons (Fsp3) is 0.667. The molecule has 0 atom stereocenters. The Kier molecular flexibility index (Phi) is 4.10. The number of aliphatic hydroxyl groups is 2. The Morgan fingerprint density at radius 3 is 2.36 bits per heavy atom. The maximum atomic E-state index is 8.97. The fourth-order valence-electron chi connectivity index (χ4n) is 1.36. The van der Waals surface area contributed by atoms with Gasteiger partial charge in [0, 0.05) is 26.2 Å². The molecule has 1 aromatic heterocycles. The van der Waals surface area contributed by atoms with Crippen LogP contribution >= 0.6 is 15.9 Å². The molecule has 4 nitrogen and oxygen atoms in total. The maximum Gasteiger partial charge on any atom is 0.0738 e. The summed E-state index contributed by atoms with van der Waals surface area (Å²) in [6.45, 7) is 1.90. The highest BCUT2D eigenvalue weighted by Crippen LogP contribution is 2.22. The SMILES string of the molecule is Cc1nn(C)c(CC(CO)CO)c1Br. The van der Waals surface area contributed by atoms with Crippen LogP contribution in [0.3, 0.4) is 0 Å². The van der Waals surface area contributed by atoms with E-state index in [9.17, 15) is 0 Å². The minimum atomic E-state index is -0.110. The normalized spacial score (nSPS) is 11.3. The number of hydrogen-bond acceptors (Lipinski definition) is 3. The van der Waals surface area contributed by atoms with Gasteiger partial charge in [0.2, 0.25) is 0 Å². The van der Waals surface area contributed by atoms with Crippen molar-refractivity contribution in [3.8, 4) is 0 Å². The predicted octanol–water partition coefficient (Wildman–Crippen LogP) is 0.634. The van der Waals surface area contributed by atoms with Crippen LogP contribution in [0.15, 0.2) is 4.47 Å². The first-order valence-corrected chi connectivity index (χ1v) is 5.29. The molecule has 5 heteroatoms. The average molecular weight is 263 g/mol. The number of halogens is 1. The van der Waals surface area contributed by atoms with Crippen molar-refractivity contribution in [1.29, 1.82) is 0 Å². The molecule has 0 radical (unpaired) electrons. The molecule has 0 saturated heterocycles. The number of aliphatic hydroxyl groups excluding tert-OH is 2. The Labute approximate surface area is 91.7 Å². The van der Waals surface area contributed by atoms with Crippen LogP contribution in [0.2, 0.25) is 0 Å². The standard InChI is InChI=1S/C9H15BrN2O2/c1-6-9(10)8(12(2)11-6)3-7(4-13)5-14/h7,13-14H,3-5H2,1-2H3. The number of aromatic nitrogens is 2. The number of aryl methyl sites for hydroxylation is 2. The van der Waals surface area contributed by atoms with E-state index in [2.05, 4.69) is 21.0 Å². The smallest absolute Gasteiger partial charge is 0.0738 e. The second-order valence-electron chi connectivity index (χ2n) is 3.40. The van der Waals surface area contributed by atoms with Gasteiger partial charge in [-0.05, 0) is 29.3 Å². The van der Waals surface area contributed by atoms with Crippen molar-refractivity contribution in [2.75, 3.05) is 13.2 Å². The highest BCUT2D eigenvalue weighted by atomic mass is 79.9. The lowest BCUT2D eigenvalue weighted by Gasteiger charge is -2.10.